The number of methoxy groups -OCH3 is 1. The Hall–Kier alpha value is -3.89. The summed E-state index contributed by atoms with van der Waals surface area (Å²) >= 11 is 0. The maximum absolute atomic E-state index is 13.9. The first-order valence-electron chi connectivity index (χ1n) is 10.1. The first-order chi connectivity index (χ1) is 15.8. The lowest BCUT2D eigenvalue weighted by Gasteiger charge is -2.34. The Labute approximate surface area is 186 Å². The molecule has 5 rings (SSSR count). The molecule has 0 unspecified atom stereocenters. The van der Waals surface area contributed by atoms with E-state index in [1.165, 1.54) is 7.11 Å². The number of nitrogens with one attached hydrogen (secondary N) is 2. The van der Waals surface area contributed by atoms with E-state index in [9.17, 15) is 18.0 Å². The van der Waals surface area contributed by atoms with E-state index in [2.05, 4.69) is 15.7 Å². The van der Waals surface area contributed by atoms with Crippen LogP contribution in [0.25, 0.3) is 0 Å². The fraction of sp³-hybridized carbons (Fsp3) is 0.273. The van der Waals surface area contributed by atoms with Crippen LogP contribution >= 0.6 is 0 Å². The highest BCUT2D eigenvalue weighted by Gasteiger charge is 2.47. The molecule has 1 amide bonds. The molecular weight excluding hydrogens is 441 g/mol. The number of rotatable bonds is 4. The summed E-state index contributed by atoms with van der Waals surface area (Å²) in [7, 11) is 1.51. The van der Waals surface area contributed by atoms with Crippen LogP contribution in [0.1, 0.15) is 34.4 Å². The molecule has 3 aromatic rings. The molecule has 33 heavy (non-hydrogen) atoms. The number of nitrogens with zero attached hydrogens (tertiary/aromatic N) is 2. The van der Waals surface area contributed by atoms with Crippen LogP contribution in [0.5, 0.6) is 17.2 Å². The Morgan fingerprint density at radius 1 is 1.18 bits per heavy atom. The fourth-order valence-electron chi connectivity index (χ4n) is 3.96. The maximum Gasteiger partial charge on any atom is 0.410 e. The van der Waals surface area contributed by atoms with Gasteiger partial charge in [-0.05, 0) is 29.8 Å². The Morgan fingerprint density at radius 2 is 1.94 bits per heavy atom. The number of hydrogen-bond acceptors (Lipinski definition) is 6. The molecule has 2 atom stereocenters. The predicted octanol–water partition coefficient (Wildman–Crippen LogP) is 4.53. The highest BCUT2D eigenvalue weighted by molar-refractivity contribution is 6.07. The van der Waals surface area contributed by atoms with Crippen LogP contribution in [0.4, 0.5) is 24.7 Å². The molecule has 2 aromatic carbocycles. The fourth-order valence-corrected chi connectivity index (χ4v) is 3.96. The summed E-state index contributed by atoms with van der Waals surface area (Å²) < 4.78 is 58.1. The van der Waals surface area contributed by atoms with Crippen LogP contribution in [0.2, 0.25) is 0 Å². The minimum Gasteiger partial charge on any atom is -0.497 e. The average molecular weight is 460 g/mol. The largest absolute Gasteiger partial charge is 0.497 e. The second-order valence-corrected chi connectivity index (χ2v) is 7.64. The minimum absolute atomic E-state index is 0.000119. The van der Waals surface area contributed by atoms with Crippen molar-refractivity contribution in [3.05, 3.63) is 59.8 Å². The number of amides is 1. The number of anilines is 2. The lowest BCUT2D eigenvalue weighted by Crippen LogP contribution is -2.36. The standard InChI is InChI=1S/C22H19F3N4O4/c1-31-14-5-2-12(3-6-14)16-9-19(22(23,24)25)29-20(28-16)15(10-26-29)21(30)27-13-4-7-17-18(8-13)33-11-32-17/h2-8,10,16,19,28H,9,11H2,1H3,(H,27,30)/t16-,19+/m0/s1. The zero-order valence-electron chi connectivity index (χ0n) is 17.3. The summed E-state index contributed by atoms with van der Waals surface area (Å²) in [5, 5.41) is 9.63. The van der Waals surface area contributed by atoms with Gasteiger partial charge in [-0.1, -0.05) is 12.1 Å². The lowest BCUT2D eigenvalue weighted by atomic mass is 9.96. The minimum atomic E-state index is -4.54. The molecule has 0 fully saturated rings. The summed E-state index contributed by atoms with van der Waals surface area (Å²) in [4.78, 5) is 13.0. The first kappa shape index (κ1) is 21.0. The van der Waals surface area contributed by atoms with Gasteiger partial charge in [0.15, 0.2) is 17.5 Å². The number of ether oxygens (including phenoxy) is 3. The molecule has 3 heterocycles. The van der Waals surface area contributed by atoms with Gasteiger partial charge in [0.25, 0.3) is 5.91 Å². The molecule has 0 radical (unpaired) electrons. The molecule has 0 spiro atoms. The molecule has 0 saturated carbocycles. The van der Waals surface area contributed by atoms with Gasteiger partial charge in [-0.2, -0.15) is 18.3 Å². The van der Waals surface area contributed by atoms with Gasteiger partial charge in [-0.25, -0.2) is 4.68 Å². The molecule has 2 aliphatic heterocycles. The third-order valence-corrected chi connectivity index (χ3v) is 5.63. The van der Waals surface area contributed by atoms with Gasteiger partial charge in [0.1, 0.15) is 17.1 Å². The van der Waals surface area contributed by atoms with Crippen molar-refractivity contribution in [2.45, 2.75) is 24.7 Å². The van der Waals surface area contributed by atoms with Crippen molar-refractivity contribution in [2.24, 2.45) is 0 Å². The Kier molecular flexibility index (Phi) is 5.03. The second-order valence-electron chi connectivity index (χ2n) is 7.64. The van der Waals surface area contributed by atoms with Crippen LogP contribution in [0.3, 0.4) is 0 Å². The van der Waals surface area contributed by atoms with E-state index >= 15 is 0 Å². The predicted molar refractivity (Wildman–Crippen MR) is 112 cm³/mol. The van der Waals surface area contributed by atoms with E-state index < -0.39 is 24.2 Å². The van der Waals surface area contributed by atoms with Gasteiger partial charge in [0, 0.05) is 18.2 Å². The van der Waals surface area contributed by atoms with Crippen molar-refractivity contribution in [3.63, 3.8) is 0 Å². The number of fused-ring (bicyclic) bond motifs is 2. The summed E-state index contributed by atoms with van der Waals surface area (Å²) in [6, 6.07) is 9.04. The third-order valence-electron chi connectivity index (χ3n) is 5.63. The van der Waals surface area contributed by atoms with Gasteiger partial charge >= 0.3 is 6.18 Å². The normalized spacial score (nSPS) is 18.9. The number of benzene rings is 2. The summed E-state index contributed by atoms with van der Waals surface area (Å²) in [6.45, 7) is 0.0825. The van der Waals surface area contributed by atoms with Crippen molar-refractivity contribution >= 4 is 17.4 Å². The molecule has 8 nitrogen and oxygen atoms in total. The van der Waals surface area contributed by atoms with Crippen LogP contribution in [-0.4, -0.2) is 35.8 Å². The van der Waals surface area contributed by atoms with E-state index in [1.807, 2.05) is 0 Å². The van der Waals surface area contributed by atoms with Crippen LogP contribution in [0.15, 0.2) is 48.7 Å². The van der Waals surface area contributed by atoms with Gasteiger partial charge in [0.2, 0.25) is 6.79 Å². The highest BCUT2D eigenvalue weighted by atomic mass is 19.4. The Balaban J connectivity index is 1.45. The van der Waals surface area contributed by atoms with E-state index in [1.54, 1.807) is 42.5 Å². The van der Waals surface area contributed by atoms with Crippen molar-refractivity contribution in [3.8, 4) is 17.2 Å². The van der Waals surface area contributed by atoms with Gasteiger partial charge in [-0.3, -0.25) is 4.79 Å². The Bertz CT molecular complexity index is 1190. The van der Waals surface area contributed by atoms with Gasteiger partial charge in [0.05, 0.1) is 19.3 Å². The molecule has 1 aromatic heterocycles. The topological polar surface area (TPSA) is 86.6 Å². The summed E-state index contributed by atoms with van der Waals surface area (Å²) in [5.41, 5.74) is 1.05. The number of carbonyl (C=O) groups excluding carboxylic acids is 1. The number of hydrogen-bond donors (Lipinski definition) is 2. The molecule has 2 N–H and O–H groups in total. The number of alkyl halides is 3. The van der Waals surface area contributed by atoms with Gasteiger partial charge < -0.3 is 24.8 Å². The quantitative estimate of drug-likeness (QED) is 0.595. The zero-order valence-corrected chi connectivity index (χ0v) is 17.3. The lowest BCUT2D eigenvalue weighted by molar-refractivity contribution is -0.173. The van der Waals surface area contributed by atoms with Crippen molar-refractivity contribution in [1.29, 1.82) is 0 Å². The van der Waals surface area contributed by atoms with E-state index in [0.29, 0.717) is 28.5 Å². The Morgan fingerprint density at radius 3 is 2.67 bits per heavy atom. The summed E-state index contributed by atoms with van der Waals surface area (Å²) in [5.74, 6) is 1.02. The second kappa shape index (κ2) is 7.91. The summed E-state index contributed by atoms with van der Waals surface area (Å²) in [6.07, 6.45) is -3.67. The van der Waals surface area contributed by atoms with E-state index in [4.69, 9.17) is 14.2 Å². The molecule has 0 aliphatic carbocycles. The zero-order chi connectivity index (χ0) is 23.2. The smallest absolute Gasteiger partial charge is 0.410 e. The van der Waals surface area contributed by atoms with Crippen LogP contribution < -0.4 is 24.8 Å². The molecule has 2 aliphatic rings. The molecular formula is C22H19F3N4O4. The van der Waals surface area contributed by atoms with Crippen molar-refractivity contribution in [1.82, 2.24) is 9.78 Å². The third kappa shape index (κ3) is 3.90. The molecule has 0 saturated heterocycles. The van der Waals surface area contributed by atoms with Crippen molar-refractivity contribution < 1.29 is 32.2 Å². The SMILES string of the molecule is COc1ccc([C@@H]2C[C@H](C(F)(F)F)n3ncc(C(=O)Nc4ccc5c(c4)OCO5)c3N2)cc1. The maximum atomic E-state index is 13.9. The first-order valence-corrected chi connectivity index (χ1v) is 10.1. The highest BCUT2D eigenvalue weighted by Crippen LogP contribution is 2.44. The monoisotopic (exact) mass is 460 g/mol. The van der Waals surface area contributed by atoms with E-state index in [-0.39, 0.29) is 24.6 Å². The number of carbonyl (C=O) groups is 1. The van der Waals surface area contributed by atoms with Crippen LogP contribution in [-0.2, 0) is 0 Å². The van der Waals surface area contributed by atoms with Gasteiger partial charge in [-0.15, -0.1) is 0 Å². The molecule has 0 bridgehead atoms. The van der Waals surface area contributed by atoms with Crippen molar-refractivity contribution in [2.75, 3.05) is 24.5 Å². The number of halogens is 3. The molecule has 172 valence electrons. The average Bonchev–Trinajstić information content (AvgIpc) is 3.44. The number of aromatic nitrogens is 2. The van der Waals surface area contributed by atoms with Crippen LogP contribution in [0, 0.1) is 0 Å². The molecule has 11 heteroatoms. The van der Waals surface area contributed by atoms with E-state index in [0.717, 1.165) is 10.9 Å².